The van der Waals surface area contributed by atoms with Gasteiger partial charge in [0.15, 0.2) is 17.5 Å². The van der Waals surface area contributed by atoms with E-state index in [1.54, 1.807) is 6.07 Å². The molecule has 0 aliphatic heterocycles. The summed E-state index contributed by atoms with van der Waals surface area (Å²) in [6.07, 6.45) is 0. The first-order valence-electron chi connectivity index (χ1n) is 7.28. The first-order valence-corrected chi connectivity index (χ1v) is 7.28. The van der Waals surface area contributed by atoms with E-state index in [1.807, 2.05) is 19.9 Å². The van der Waals surface area contributed by atoms with Gasteiger partial charge in [-0.3, -0.25) is 0 Å². The Morgan fingerprint density at radius 1 is 1.00 bits per heavy atom. The van der Waals surface area contributed by atoms with E-state index in [1.165, 1.54) is 6.07 Å². The molecular weight excluding hydrogens is 319 g/mol. The summed E-state index contributed by atoms with van der Waals surface area (Å²) in [7, 11) is 0. The molecule has 2 aromatic carbocycles. The van der Waals surface area contributed by atoms with Crippen LogP contribution in [0.5, 0.6) is 0 Å². The number of hydrogen-bond donors (Lipinski definition) is 1. The summed E-state index contributed by atoms with van der Waals surface area (Å²) in [4.78, 5) is 11.7. The molecule has 0 aliphatic carbocycles. The molecule has 1 aromatic heterocycles. The second-order valence-electron chi connectivity index (χ2n) is 5.60. The van der Waals surface area contributed by atoms with Crippen molar-refractivity contribution in [2.75, 3.05) is 5.32 Å². The van der Waals surface area contributed by atoms with Crippen molar-refractivity contribution in [1.82, 2.24) is 0 Å². The summed E-state index contributed by atoms with van der Waals surface area (Å²) in [6, 6.07) is 6.87. The molecule has 0 bridgehead atoms. The Labute approximate surface area is 135 Å². The Hall–Kier alpha value is -2.76. The van der Waals surface area contributed by atoms with E-state index in [0.29, 0.717) is 16.5 Å². The highest BCUT2D eigenvalue weighted by atomic mass is 19.2. The lowest BCUT2D eigenvalue weighted by Gasteiger charge is -2.11. The van der Waals surface area contributed by atoms with E-state index in [2.05, 4.69) is 5.32 Å². The van der Waals surface area contributed by atoms with Crippen LogP contribution in [-0.2, 0) is 6.54 Å². The van der Waals surface area contributed by atoms with E-state index in [0.717, 1.165) is 23.3 Å². The van der Waals surface area contributed by atoms with Crippen molar-refractivity contribution < 1.29 is 17.6 Å². The fourth-order valence-electron chi connectivity index (χ4n) is 2.48. The standard InChI is InChI=1S/C18H14F3NO2/c1-9-5-12-11(7-16(23)24-15(12)6-10(9)2)8-22-14-4-3-13(19)17(20)18(14)21/h3-7,22H,8H2,1-2H3. The Bertz CT molecular complexity index is 996. The summed E-state index contributed by atoms with van der Waals surface area (Å²) in [5.41, 5.74) is 2.27. The van der Waals surface area contributed by atoms with E-state index >= 15 is 0 Å². The van der Waals surface area contributed by atoms with Gasteiger partial charge in [-0.15, -0.1) is 0 Å². The van der Waals surface area contributed by atoms with Crippen LogP contribution >= 0.6 is 0 Å². The largest absolute Gasteiger partial charge is 0.423 e. The molecule has 3 rings (SSSR count). The first kappa shape index (κ1) is 16.1. The summed E-state index contributed by atoms with van der Waals surface area (Å²) in [6.45, 7) is 3.88. The average molecular weight is 333 g/mol. The van der Waals surface area contributed by atoms with Crippen LogP contribution in [0.1, 0.15) is 16.7 Å². The number of hydrogen-bond acceptors (Lipinski definition) is 3. The van der Waals surface area contributed by atoms with Crippen LogP contribution in [0.15, 0.2) is 39.5 Å². The fourth-order valence-corrected chi connectivity index (χ4v) is 2.48. The van der Waals surface area contributed by atoms with Gasteiger partial charge in [0.25, 0.3) is 0 Å². The van der Waals surface area contributed by atoms with Gasteiger partial charge >= 0.3 is 5.63 Å². The monoisotopic (exact) mass is 333 g/mol. The molecule has 0 fully saturated rings. The van der Waals surface area contributed by atoms with Crippen LogP contribution in [0.3, 0.4) is 0 Å². The van der Waals surface area contributed by atoms with Gasteiger partial charge in [-0.25, -0.2) is 18.0 Å². The van der Waals surface area contributed by atoms with E-state index in [4.69, 9.17) is 4.42 Å². The maximum atomic E-state index is 13.7. The molecule has 1 heterocycles. The first-order chi connectivity index (χ1) is 11.4. The number of aryl methyl sites for hydroxylation is 2. The molecular formula is C18H14F3NO2. The van der Waals surface area contributed by atoms with Gasteiger partial charge in [0.05, 0.1) is 5.69 Å². The molecule has 0 saturated carbocycles. The smallest absolute Gasteiger partial charge is 0.336 e. The number of anilines is 1. The highest BCUT2D eigenvalue weighted by Crippen LogP contribution is 2.24. The van der Waals surface area contributed by atoms with Gasteiger partial charge in [0.1, 0.15) is 5.58 Å². The number of benzene rings is 2. The zero-order valence-corrected chi connectivity index (χ0v) is 13.0. The van der Waals surface area contributed by atoms with Gasteiger partial charge in [0, 0.05) is 18.0 Å². The van der Waals surface area contributed by atoms with Gasteiger partial charge < -0.3 is 9.73 Å². The Morgan fingerprint density at radius 2 is 1.71 bits per heavy atom. The van der Waals surface area contributed by atoms with Crippen LogP contribution in [0.2, 0.25) is 0 Å². The summed E-state index contributed by atoms with van der Waals surface area (Å²) >= 11 is 0. The van der Waals surface area contributed by atoms with Crippen molar-refractivity contribution in [3.8, 4) is 0 Å². The minimum atomic E-state index is -1.54. The summed E-state index contributed by atoms with van der Waals surface area (Å²) in [5.74, 6) is -4.09. The molecule has 0 atom stereocenters. The van der Waals surface area contributed by atoms with Gasteiger partial charge in [-0.2, -0.15) is 0 Å². The van der Waals surface area contributed by atoms with Gasteiger partial charge in [-0.05, 0) is 54.8 Å². The van der Waals surface area contributed by atoms with Crippen molar-refractivity contribution in [1.29, 1.82) is 0 Å². The molecule has 0 amide bonds. The topological polar surface area (TPSA) is 42.2 Å². The van der Waals surface area contributed by atoms with Crippen LogP contribution in [0, 0.1) is 31.3 Å². The third kappa shape index (κ3) is 2.87. The number of fused-ring (bicyclic) bond motifs is 1. The second kappa shape index (κ2) is 6.03. The molecule has 1 N–H and O–H groups in total. The van der Waals surface area contributed by atoms with Crippen LogP contribution < -0.4 is 10.9 Å². The number of rotatable bonds is 3. The highest BCUT2D eigenvalue weighted by molar-refractivity contribution is 5.82. The number of halogens is 3. The lowest BCUT2D eigenvalue weighted by Crippen LogP contribution is -2.08. The molecule has 0 unspecified atom stereocenters. The Kier molecular flexibility index (Phi) is 4.05. The minimum absolute atomic E-state index is 0.0621. The zero-order chi connectivity index (χ0) is 17.4. The normalized spacial score (nSPS) is 11.0. The van der Waals surface area contributed by atoms with Crippen molar-refractivity contribution in [2.45, 2.75) is 20.4 Å². The summed E-state index contributed by atoms with van der Waals surface area (Å²) in [5, 5.41) is 3.39. The van der Waals surface area contributed by atoms with Crippen LogP contribution in [0.4, 0.5) is 18.9 Å². The second-order valence-corrected chi connectivity index (χ2v) is 5.60. The SMILES string of the molecule is Cc1cc2oc(=O)cc(CNc3ccc(F)c(F)c3F)c2cc1C. The third-order valence-electron chi connectivity index (χ3n) is 3.95. The molecule has 3 nitrogen and oxygen atoms in total. The molecule has 0 spiro atoms. The Balaban J connectivity index is 2.00. The molecule has 24 heavy (non-hydrogen) atoms. The quantitative estimate of drug-likeness (QED) is 0.569. The van der Waals surface area contributed by atoms with Crippen molar-refractivity contribution in [3.05, 3.63) is 74.9 Å². The molecule has 0 saturated heterocycles. The fraction of sp³-hybridized carbons (Fsp3) is 0.167. The van der Waals surface area contributed by atoms with E-state index in [9.17, 15) is 18.0 Å². The number of nitrogens with one attached hydrogen (secondary N) is 1. The van der Waals surface area contributed by atoms with Crippen molar-refractivity contribution >= 4 is 16.7 Å². The highest BCUT2D eigenvalue weighted by Gasteiger charge is 2.14. The lowest BCUT2D eigenvalue weighted by molar-refractivity contribution is 0.449. The maximum Gasteiger partial charge on any atom is 0.336 e. The Morgan fingerprint density at radius 3 is 2.46 bits per heavy atom. The maximum absolute atomic E-state index is 13.7. The molecule has 0 radical (unpaired) electrons. The molecule has 124 valence electrons. The van der Waals surface area contributed by atoms with E-state index in [-0.39, 0.29) is 12.2 Å². The lowest BCUT2D eigenvalue weighted by atomic mass is 10.0. The zero-order valence-electron chi connectivity index (χ0n) is 13.0. The van der Waals surface area contributed by atoms with Crippen molar-refractivity contribution in [2.24, 2.45) is 0 Å². The predicted molar refractivity (Wildman–Crippen MR) is 85.6 cm³/mol. The van der Waals surface area contributed by atoms with Crippen LogP contribution in [0.25, 0.3) is 11.0 Å². The average Bonchev–Trinajstić information content (AvgIpc) is 2.53. The molecule has 3 aromatic rings. The van der Waals surface area contributed by atoms with Crippen LogP contribution in [-0.4, -0.2) is 0 Å². The summed E-state index contributed by atoms with van der Waals surface area (Å²) < 4.78 is 45.1. The van der Waals surface area contributed by atoms with Gasteiger partial charge in [-0.1, -0.05) is 0 Å². The van der Waals surface area contributed by atoms with Crippen molar-refractivity contribution in [3.63, 3.8) is 0 Å². The minimum Gasteiger partial charge on any atom is -0.423 e. The van der Waals surface area contributed by atoms with Gasteiger partial charge in [0.2, 0.25) is 0 Å². The molecule has 0 aliphatic rings. The predicted octanol–water partition coefficient (Wildman–Crippen LogP) is 4.44. The van der Waals surface area contributed by atoms with E-state index < -0.39 is 23.1 Å². The third-order valence-corrected chi connectivity index (χ3v) is 3.95. The molecule has 6 heteroatoms.